The maximum absolute atomic E-state index is 11.8. The SMILES string of the molecule is COC(=O)C(Nc1cc(C)nc(C)c1C(N)=S)C(C)C. The zero-order chi connectivity index (χ0) is 15.4. The van der Waals surface area contributed by atoms with Gasteiger partial charge in [0.15, 0.2) is 0 Å². The van der Waals surface area contributed by atoms with Crippen LogP contribution in [0.15, 0.2) is 6.07 Å². The Morgan fingerprint density at radius 1 is 1.45 bits per heavy atom. The van der Waals surface area contributed by atoms with Crippen LogP contribution in [0.4, 0.5) is 5.69 Å². The molecule has 5 nitrogen and oxygen atoms in total. The number of esters is 1. The molecule has 3 N–H and O–H groups in total. The number of carbonyl (C=O) groups excluding carboxylic acids is 1. The van der Waals surface area contributed by atoms with E-state index < -0.39 is 6.04 Å². The van der Waals surface area contributed by atoms with E-state index in [4.69, 9.17) is 22.7 Å². The zero-order valence-electron chi connectivity index (χ0n) is 12.5. The van der Waals surface area contributed by atoms with E-state index in [1.54, 1.807) is 0 Å². The summed E-state index contributed by atoms with van der Waals surface area (Å²) in [6, 6.07) is 1.37. The molecule has 20 heavy (non-hydrogen) atoms. The number of nitrogens with one attached hydrogen (secondary N) is 1. The number of carbonyl (C=O) groups is 1. The fourth-order valence-electron chi connectivity index (χ4n) is 2.05. The van der Waals surface area contributed by atoms with Crippen molar-refractivity contribution in [3.8, 4) is 0 Å². The number of aromatic nitrogens is 1. The number of nitrogens with zero attached hydrogens (tertiary/aromatic N) is 1. The van der Waals surface area contributed by atoms with Crippen molar-refractivity contribution in [1.29, 1.82) is 0 Å². The molecule has 1 heterocycles. The van der Waals surface area contributed by atoms with E-state index >= 15 is 0 Å². The molecule has 1 rings (SSSR count). The van der Waals surface area contributed by atoms with Gasteiger partial charge in [-0.05, 0) is 25.8 Å². The van der Waals surface area contributed by atoms with E-state index in [2.05, 4.69) is 10.3 Å². The first kappa shape index (κ1) is 16.4. The van der Waals surface area contributed by atoms with Crippen LogP contribution >= 0.6 is 12.2 Å². The van der Waals surface area contributed by atoms with Crippen LogP contribution in [0.3, 0.4) is 0 Å². The van der Waals surface area contributed by atoms with Crippen LogP contribution in [0.2, 0.25) is 0 Å². The predicted molar refractivity (Wildman–Crippen MR) is 83.9 cm³/mol. The average Bonchev–Trinajstić information content (AvgIpc) is 2.33. The molecule has 0 spiro atoms. The number of hydrogen-bond donors (Lipinski definition) is 2. The van der Waals surface area contributed by atoms with Gasteiger partial charge in [0.25, 0.3) is 0 Å². The monoisotopic (exact) mass is 295 g/mol. The standard InChI is InChI=1S/C14H21N3O2S/c1-7(2)12(14(18)19-5)17-10-6-8(3)16-9(4)11(10)13(15)20/h6-7,12H,1-5H3,(H2,15,20)(H,16,17). The van der Waals surface area contributed by atoms with Crippen molar-refractivity contribution < 1.29 is 9.53 Å². The van der Waals surface area contributed by atoms with Crippen LogP contribution in [-0.4, -0.2) is 29.1 Å². The van der Waals surface area contributed by atoms with E-state index in [1.165, 1.54) is 7.11 Å². The molecule has 110 valence electrons. The second kappa shape index (κ2) is 6.65. The predicted octanol–water partition coefficient (Wildman–Crippen LogP) is 1.94. The normalized spacial score (nSPS) is 12.1. The molecule has 0 aliphatic heterocycles. The van der Waals surface area contributed by atoms with Crippen LogP contribution in [0.25, 0.3) is 0 Å². The molecule has 0 saturated carbocycles. The lowest BCUT2D eigenvalue weighted by Crippen LogP contribution is -2.36. The molecule has 0 bridgehead atoms. The molecule has 6 heteroatoms. The van der Waals surface area contributed by atoms with E-state index in [0.29, 0.717) is 11.3 Å². The number of nitrogens with two attached hydrogens (primary N) is 1. The van der Waals surface area contributed by atoms with Gasteiger partial charge < -0.3 is 15.8 Å². The smallest absolute Gasteiger partial charge is 0.328 e. The Bertz CT molecular complexity index is 529. The Labute approximate surface area is 124 Å². The number of aryl methyl sites for hydroxylation is 2. The third-order valence-corrected chi connectivity index (χ3v) is 3.21. The molecule has 1 aromatic heterocycles. The Balaban J connectivity index is 3.24. The van der Waals surface area contributed by atoms with Crippen molar-refractivity contribution in [2.45, 2.75) is 33.7 Å². The molecular formula is C14H21N3O2S. The maximum atomic E-state index is 11.8. The van der Waals surface area contributed by atoms with Crippen molar-refractivity contribution in [2.75, 3.05) is 12.4 Å². The third-order valence-electron chi connectivity index (χ3n) is 3.01. The number of thiocarbonyl (C=S) groups is 1. The van der Waals surface area contributed by atoms with E-state index in [0.717, 1.165) is 11.4 Å². The molecule has 1 atom stereocenters. The highest BCUT2D eigenvalue weighted by molar-refractivity contribution is 7.80. The van der Waals surface area contributed by atoms with Gasteiger partial charge in [-0.25, -0.2) is 4.79 Å². The van der Waals surface area contributed by atoms with Crippen molar-refractivity contribution in [2.24, 2.45) is 11.7 Å². The lowest BCUT2D eigenvalue weighted by atomic mass is 10.0. The van der Waals surface area contributed by atoms with Crippen molar-refractivity contribution in [3.05, 3.63) is 23.0 Å². The number of hydrogen-bond acceptors (Lipinski definition) is 5. The van der Waals surface area contributed by atoms with E-state index in [1.807, 2.05) is 33.8 Å². The Hall–Kier alpha value is -1.69. The largest absolute Gasteiger partial charge is 0.467 e. The molecule has 0 saturated heterocycles. The Kier molecular flexibility index (Phi) is 5.44. The van der Waals surface area contributed by atoms with Gasteiger partial charge in [-0.15, -0.1) is 0 Å². The van der Waals surface area contributed by atoms with Gasteiger partial charge in [0.05, 0.1) is 12.7 Å². The minimum Gasteiger partial charge on any atom is -0.467 e. The number of anilines is 1. The molecule has 0 amide bonds. The summed E-state index contributed by atoms with van der Waals surface area (Å²) in [5.41, 5.74) is 8.72. The summed E-state index contributed by atoms with van der Waals surface area (Å²) in [6.07, 6.45) is 0. The van der Waals surface area contributed by atoms with Gasteiger partial charge >= 0.3 is 5.97 Å². The highest BCUT2D eigenvalue weighted by Gasteiger charge is 2.24. The first-order chi connectivity index (χ1) is 9.27. The Morgan fingerprint density at radius 3 is 2.50 bits per heavy atom. The van der Waals surface area contributed by atoms with Gasteiger partial charge in [0, 0.05) is 17.1 Å². The lowest BCUT2D eigenvalue weighted by molar-refractivity contribution is -0.142. The summed E-state index contributed by atoms with van der Waals surface area (Å²) in [5, 5.41) is 3.18. The second-order valence-corrected chi connectivity index (χ2v) is 5.46. The average molecular weight is 295 g/mol. The van der Waals surface area contributed by atoms with Crippen molar-refractivity contribution in [1.82, 2.24) is 4.98 Å². The molecule has 0 aliphatic carbocycles. The molecule has 0 fully saturated rings. The van der Waals surface area contributed by atoms with E-state index in [-0.39, 0.29) is 16.9 Å². The fraction of sp³-hybridized carbons (Fsp3) is 0.500. The highest BCUT2D eigenvalue weighted by Crippen LogP contribution is 2.22. The van der Waals surface area contributed by atoms with Crippen molar-refractivity contribution in [3.63, 3.8) is 0 Å². The summed E-state index contributed by atoms with van der Waals surface area (Å²) < 4.78 is 4.83. The summed E-state index contributed by atoms with van der Waals surface area (Å²) >= 11 is 5.07. The number of pyridine rings is 1. The highest BCUT2D eigenvalue weighted by atomic mass is 32.1. The molecule has 0 radical (unpaired) electrons. The minimum atomic E-state index is -0.464. The fourth-order valence-corrected chi connectivity index (χ4v) is 2.30. The van der Waals surface area contributed by atoms with Gasteiger partial charge in [-0.1, -0.05) is 26.1 Å². The maximum Gasteiger partial charge on any atom is 0.328 e. The zero-order valence-corrected chi connectivity index (χ0v) is 13.3. The number of rotatable bonds is 5. The number of methoxy groups -OCH3 is 1. The van der Waals surface area contributed by atoms with Gasteiger partial charge in [0.1, 0.15) is 11.0 Å². The van der Waals surface area contributed by atoms with Crippen LogP contribution < -0.4 is 11.1 Å². The number of ether oxygens (including phenoxy) is 1. The third kappa shape index (κ3) is 3.66. The van der Waals surface area contributed by atoms with E-state index in [9.17, 15) is 4.79 Å². The van der Waals surface area contributed by atoms with Crippen LogP contribution in [-0.2, 0) is 9.53 Å². The summed E-state index contributed by atoms with van der Waals surface area (Å²) in [5.74, 6) is -0.253. The molecule has 0 aliphatic rings. The summed E-state index contributed by atoms with van der Waals surface area (Å²) in [6.45, 7) is 7.60. The summed E-state index contributed by atoms with van der Waals surface area (Å²) in [4.78, 5) is 16.4. The van der Waals surface area contributed by atoms with Crippen molar-refractivity contribution >= 4 is 28.9 Å². The minimum absolute atomic E-state index is 0.0652. The molecule has 1 unspecified atom stereocenters. The lowest BCUT2D eigenvalue weighted by Gasteiger charge is -2.23. The molecule has 1 aromatic rings. The van der Waals surface area contributed by atoms with Gasteiger partial charge in [-0.2, -0.15) is 0 Å². The Morgan fingerprint density at radius 2 is 2.05 bits per heavy atom. The van der Waals surface area contributed by atoms with Gasteiger partial charge in [0.2, 0.25) is 0 Å². The summed E-state index contributed by atoms with van der Waals surface area (Å²) in [7, 11) is 1.37. The topological polar surface area (TPSA) is 77.2 Å². The quantitative estimate of drug-likeness (QED) is 0.638. The van der Waals surface area contributed by atoms with Gasteiger partial charge in [-0.3, -0.25) is 4.98 Å². The molecular weight excluding hydrogens is 274 g/mol. The first-order valence-electron chi connectivity index (χ1n) is 6.40. The van der Waals surface area contributed by atoms with Crippen LogP contribution in [0, 0.1) is 19.8 Å². The van der Waals surface area contributed by atoms with Crippen LogP contribution in [0.1, 0.15) is 30.8 Å². The first-order valence-corrected chi connectivity index (χ1v) is 6.81. The van der Waals surface area contributed by atoms with Crippen LogP contribution in [0.5, 0.6) is 0 Å². The molecule has 0 aromatic carbocycles. The second-order valence-electron chi connectivity index (χ2n) is 5.03.